The van der Waals surface area contributed by atoms with Crippen LogP contribution in [0.4, 0.5) is 4.39 Å². The maximum atomic E-state index is 13.6. The lowest BCUT2D eigenvalue weighted by molar-refractivity contribution is 0.0469. The maximum Gasteiger partial charge on any atom is 0.257 e. The molecule has 1 aromatic rings. The van der Waals surface area contributed by atoms with Gasteiger partial charge in [-0.05, 0) is 32.0 Å². The van der Waals surface area contributed by atoms with Gasteiger partial charge < -0.3 is 10.0 Å². The molecule has 0 spiro atoms. The second kappa shape index (κ2) is 5.02. The Morgan fingerprint density at radius 3 is 2.59 bits per heavy atom. The van der Waals surface area contributed by atoms with Crippen molar-refractivity contribution >= 4 is 17.5 Å². The van der Waals surface area contributed by atoms with Crippen LogP contribution < -0.4 is 0 Å². The molecular weight excluding hydrogens is 245 g/mol. The molecule has 0 fully saturated rings. The van der Waals surface area contributed by atoms with Crippen LogP contribution in [0, 0.1) is 5.82 Å². The number of hydrogen-bond acceptors (Lipinski definition) is 2. The van der Waals surface area contributed by atoms with Crippen LogP contribution in [0.1, 0.15) is 24.2 Å². The van der Waals surface area contributed by atoms with Crippen LogP contribution in [0.15, 0.2) is 18.2 Å². The molecule has 0 atom stereocenters. The molecule has 3 nitrogen and oxygen atoms in total. The molecule has 0 aromatic heterocycles. The average Bonchev–Trinajstić information content (AvgIpc) is 2.27. The van der Waals surface area contributed by atoms with E-state index < -0.39 is 17.3 Å². The summed E-state index contributed by atoms with van der Waals surface area (Å²) in [6.45, 7) is 3.18. The van der Waals surface area contributed by atoms with Crippen molar-refractivity contribution in [2.45, 2.75) is 19.4 Å². The summed E-state index contributed by atoms with van der Waals surface area (Å²) in [6, 6.07) is 3.89. The third-order valence-corrected chi connectivity index (χ3v) is 3.00. The molecule has 0 aliphatic carbocycles. The summed E-state index contributed by atoms with van der Waals surface area (Å²) >= 11 is 5.61. The van der Waals surface area contributed by atoms with Crippen molar-refractivity contribution in [2.75, 3.05) is 13.7 Å². The van der Waals surface area contributed by atoms with E-state index in [1.165, 1.54) is 24.1 Å². The Hall–Kier alpha value is -1.13. The average molecular weight is 260 g/mol. The fourth-order valence-corrected chi connectivity index (χ4v) is 1.38. The minimum absolute atomic E-state index is 0.0570. The van der Waals surface area contributed by atoms with Gasteiger partial charge in [0, 0.05) is 12.1 Å². The Kier molecular flexibility index (Phi) is 4.11. The van der Waals surface area contributed by atoms with Crippen LogP contribution in [-0.4, -0.2) is 35.1 Å². The van der Waals surface area contributed by atoms with Crippen LogP contribution in [0.5, 0.6) is 0 Å². The lowest BCUT2D eigenvalue weighted by Gasteiger charge is -2.34. The highest BCUT2D eigenvalue weighted by Crippen LogP contribution is 2.19. The van der Waals surface area contributed by atoms with E-state index in [0.717, 1.165) is 6.07 Å². The molecule has 0 bridgehead atoms. The fraction of sp³-hybridized carbons (Fsp3) is 0.417. The second-order valence-electron chi connectivity index (χ2n) is 4.46. The first-order valence-electron chi connectivity index (χ1n) is 5.13. The number of aliphatic hydroxyl groups is 1. The van der Waals surface area contributed by atoms with Crippen LogP contribution in [0.3, 0.4) is 0 Å². The molecule has 0 aliphatic heterocycles. The molecule has 0 saturated heterocycles. The summed E-state index contributed by atoms with van der Waals surface area (Å²) in [7, 11) is 1.52. The van der Waals surface area contributed by atoms with E-state index in [9.17, 15) is 9.18 Å². The largest absolute Gasteiger partial charge is 0.394 e. The summed E-state index contributed by atoms with van der Waals surface area (Å²) in [6.07, 6.45) is 0. The minimum Gasteiger partial charge on any atom is -0.394 e. The van der Waals surface area contributed by atoms with E-state index in [-0.39, 0.29) is 17.2 Å². The van der Waals surface area contributed by atoms with Gasteiger partial charge in [-0.1, -0.05) is 11.6 Å². The Bertz CT molecular complexity index is 435. The Morgan fingerprint density at radius 1 is 1.53 bits per heavy atom. The third kappa shape index (κ3) is 2.96. The first kappa shape index (κ1) is 13.9. The van der Waals surface area contributed by atoms with Gasteiger partial charge in [-0.3, -0.25) is 4.79 Å². The molecule has 5 heteroatoms. The first-order chi connectivity index (χ1) is 7.79. The number of benzene rings is 1. The predicted molar refractivity (Wildman–Crippen MR) is 64.7 cm³/mol. The maximum absolute atomic E-state index is 13.6. The zero-order valence-corrected chi connectivity index (χ0v) is 10.8. The van der Waals surface area contributed by atoms with Crippen molar-refractivity contribution in [3.05, 3.63) is 34.6 Å². The molecule has 0 unspecified atom stereocenters. The van der Waals surface area contributed by atoms with Gasteiger partial charge in [0.15, 0.2) is 0 Å². The van der Waals surface area contributed by atoms with Gasteiger partial charge in [-0.15, -0.1) is 0 Å². The molecule has 94 valence electrons. The lowest BCUT2D eigenvalue weighted by atomic mass is 10.0. The predicted octanol–water partition coefficient (Wildman–Crippen LogP) is 2.32. The Morgan fingerprint density at radius 2 is 2.12 bits per heavy atom. The number of rotatable bonds is 3. The molecular formula is C12H15ClFNO2. The van der Waals surface area contributed by atoms with Gasteiger partial charge in [0.25, 0.3) is 5.91 Å². The van der Waals surface area contributed by atoms with Gasteiger partial charge in [-0.25, -0.2) is 4.39 Å². The zero-order chi connectivity index (χ0) is 13.2. The monoisotopic (exact) mass is 259 g/mol. The van der Waals surface area contributed by atoms with Crippen LogP contribution in [0.2, 0.25) is 5.02 Å². The second-order valence-corrected chi connectivity index (χ2v) is 4.90. The summed E-state index contributed by atoms with van der Waals surface area (Å²) < 4.78 is 13.6. The Balaban J connectivity index is 3.05. The number of halogens is 2. The van der Waals surface area contributed by atoms with Crippen molar-refractivity contribution < 1.29 is 14.3 Å². The highest BCUT2D eigenvalue weighted by molar-refractivity contribution is 6.30. The number of nitrogens with zero attached hydrogens (tertiary/aromatic N) is 1. The van der Waals surface area contributed by atoms with Crippen molar-refractivity contribution in [3.63, 3.8) is 0 Å². The topological polar surface area (TPSA) is 40.5 Å². The fourth-order valence-electron chi connectivity index (χ4n) is 1.22. The molecule has 0 aliphatic rings. The zero-order valence-electron chi connectivity index (χ0n) is 10.00. The number of aliphatic hydroxyl groups excluding tert-OH is 1. The number of hydrogen-bond donors (Lipinski definition) is 1. The van der Waals surface area contributed by atoms with E-state index in [0.29, 0.717) is 0 Å². The normalized spacial score (nSPS) is 11.4. The van der Waals surface area contributed by atoms with Crippen molar-refractivity contribution in [1.29, 1.82) is 0 Å². The van der Waals surface area contributed by atoms with Crippen molar-refractivity contribution in [3.8, 4) is 0 Å². The van der Waals surface area contributed by atoms with E-state index >= 15 is 0 Å². The summed E-state index contributed by atoms with van der Waals surface area (Å²) in [5.74, 6) is -1.15. The number of carbonyl (C=O) groups is 1. The summed E-state index contributed by atoms with van der Waals surface area (Å²) in [4.78, 5) is 13.3. The van der Waals surface area contributed by atoms with E-state index in [1.807, 2.05) is 0 Å². The molecule has 1 N–H and O–H groups in total. The van der Waals surface area contributed by atoms with Crippen molar-refractivity contribution in [2.24, 2.45) is 0 Å². The van der Waals surface area contributed by atoms with Crippen molar-refractivity contribution in [1.82, 2.24) is 4.90 Å². The quantitative estimate of drug-likeness (QED) is 0.905. The van der Waals surface area contributed by atoms with Crippen LogP contribution in [-0.2, 0) is 0 Å². The third-order valence-electron chi connectivity index (χ3n) is 2.76. The van der Waals surface area contributed by atoms with E-state index in [2.05, 4.69) is 0 Å². The highest BCUT2D eigenvalue weighted by atomic mass is 35.5. The molecule has 0 radical (unpaired) electrons. The lowest BCUT2D eigenvalue weighted by Crippen LogP contribution is -2.47. The van der Waals surface area contributed by atoms with E-state index in [1.54, 1.807) is 13.8 Å². The van der Waals surface area contributed by atoms with Crippen LogP contribution in [0.25, 0.3) is 0 Å². The van der Waals surface area contributed by atoms with Gasteiger partial charge in [0.2, 0.25) is 0 Å². The smallest absolute Gasteiger partial charge is 0.257 e. The molecule has 17 heavy (non-hydrogen) atoms. The molecule has 1 rings (SSSR count). The Labute approximate surface area is 105 Å². The molecule has 1 aromatic carbocycles. The van der Waals surface area contributed by atoms with E-state index in [4.69, 9.17) is 16.7 Å². The number of amides is 1. The SMILES string of the molecule is CN(C(=O)c1ccc(Cl)cc1F)C(C)(C)CO. The highest BCUT2D eigenvalue weighted by Gasteiger charge is 2.28. The van der Waals surface area contributed by atoms with Gasteiger partial charge in [-0.2, -0.15) is 0 Å². The number of likely N-dealkylation sites (N-methyl/N-ethyl adjacent to an activating group) is 1. The standard InChI is InChI=1S/C12H15ClFNO2/c1-12(2,7-16)15(3)11(17)9-5-4-8(13)6-10(9)14/h4-6,16H,7H2,1-3H3. The molecule has 0 saturated carbocycles. The molecule has 0 heterocycles. The first-order valence-corrected chi connectivity index (χ1v) is 5.51. The van der Waals surface area contributed by atoms with Gasteiger partial charge >= 0.3 is 0 Å². The van der Waals surface area contributed by atoms with Crippen LogP contribution >= 0.6 is 11.6 Å². The molecule has 1 amide bonds. The minimum atomic E-state index is -0.747. The van der Waals surface area contributed by atoms with Gasteiger partial charge in [0.1, 0.15) is 5.82 Å². The summed E-state index contributed by atoms with van der Waals surface area (Å²) in [5.41, 5.74) is -0.804. The van der Waals surface area contributed by atoms with Gasteiger partial charge in [0.05, 0.1) is 17.7 Å². The summed E-state index contributed by atoms with van der Waals surface area (Å²) in [5, 5.41) is 9.40. The number of carbonyl (C=O) groups excluding carboxylic acids is 1.